The molecule has 128 valence electrons. The maximum absolute atomic E-state index is 13.1. The number of nitrogens with zero attached hydrogens (tertiary/aromatic N) is 1. The zero-order valence-corrected chi connectivity index (χ0v) is 16.5. The summed E-state index contributed by atoms with van der Waals surface area (Å²) in [6.07, 6.45) is 5.41. The lowest BCUT2D eigenvalue weighted by Gasteiger charge is -2.19. The fourth-order valence-corrected chi connectivity index (χ4v) is 5.28. The Balaban J connectivity index is 1.94. The van der Waals surface area contributed by atoms with Crippen molar-refractivity contribution in [2.45, 2.75) is 39.0 Å². The number of benzene rings is 1. The summed E-state index contributed by atoms with van der Waals surface area (Å²) in [6.45, 7) is 2.15. The van der Waals surface area contributed by atoms with Crippen molar-refractivity contribution in [3.05, 3.63) is 56.0 Å². The smallest absolute Gasteiger partial charge is 0.206 e. The number of aromatic nitrogens is 1. The molecule has 0 aliphatic heterocycles. The van der Waals surface area contributed by atoms with Crippen molar-refractivity contribution in [2.75, 3.05) is 5.73 Å². The number of carbonyl (C=O) groups is 1. The van der Waals surface area contributed by atoms with Gasteiger partial charge in [-0.1, -0.05) is 35.0 Å². The number of thiophene rings is 1. The number of rotatable bonds is 3. The molecule has 0 saturated heterocycles. The van der Waals surface area contributed by atoms with E-state index in [1.165, 1.54) is 41.0 Å². The molecule has 1 aromatic carbocycles. The van der Waals surface area contributed by atoms with Gasteiger partial charge in [0.15, 0.2) is 0 Å². The van der Waals surface area contributed by atoms with Gasteiger partial charge in [-0.05, 0) is 55.4 Å². The Morgan fingerprint density at radius 3 is 2.68 bits per heavy atom. The van der Waals surface area contributed by atoms with Crippen LogP contribution < -0.4 is 5.73 Å². The molecule has 4 rings (SSSR count). The number of fused-ring (bicyclic) bond motifs is 3. The predicted molar refractivity (Wildman–Crippen MR) is 108 cm³/mol. The van der Waals surface area contributed by atoms with Crippen LogP contribution >= 0.6 is 27.3 Å². The largest absolute Gasteiger partial charge is 0.397 e. The van der Waals surface area contributed by atoms with Crippen molar-refractivity contribution in [1.29, 1.82) is 0 Å². The van der Waals surface area contributed by atoms with E-state index in [2.05, 4.69) is 22.9 Å². The Labute approximate surface area is 159 Å². The minimum absolute atomic E-state index is 0.0319. The topological polar surface area (TPSA) is 56.0 Å². The quantitative estimate of drug-likeness (QED) is 0.590. The number of nitrogen functional groups attached to an aromatic ring is 1. The fraction of sp³-hybridized carbons (Fsp3) is 0.300. The number of ketones is 1. The highest BCUT2D eigenvalue weighted by Crippen LogP contribution is 2.41. The van der Waals surface area contributed by atoms with Gasteiger partial charge < -0.3 is 5.73 Å². The van der Waals surface area contributed by atoms with Crippen molar-refractivity contribution in [2.24, 2.45) is 0 Å². The average Bonchev–Trinajstić information content (AvgIpc) is 2.97. The molecule has 1 aliphatic rings. The van der Waals surface area contributed by atoms with Crippen LogP contribution in [0, 0.1) is 0 Å². The molecule has 2 N–H and O–H groups in total. The van der Waals surface area contributed by atoms with E-state index < -0.39 is 0 Å². The van der Waals surface area contributed by atoms with E-state index >= 15 is 0 Å². The molecule has 0 fully saturated rings. The Kier molecular flexibility index (Phi) is 4.38. The van der Waals surface area contributed by atoms with Crippen LogP contribution in [0.3, 0.4) is 0 Å². The van der Waals surface area contributed by atoms with Crippen molar-refractivity contribution in [3.63, 3.8) is 0 Å². The molecule has 2 aromatic heterocycles. The molecule has 0 spiro atoms. The first kappa shape index (κ1) is 16.7. The average molecular weight is 415 g/mol. The van der Waals surface area contributed by atoms with Gasteiger partial charge in [0.05, 0.1) is 5.69 Å². The van der Waals surface area contributed by atoms with Crippen LogP contribution in [0.25, 0.3) is 10.2 Å². The second kappa shape index (κ2) is 6.54. The number of pyridine rings is 1. The van der Waals surface area contributed by atoms with Crippen LogP contribution in [0.5, 0.6) is 0 Å². The minimum atomic E-state index is -0.0319. The van der Waals surface area contributed by atoms with E-state index in [0.717, 1.165) is 34.0 Å². The zero-order chi connectivity index (χ0) is 17.6. The van der Waals surface area contributed by atoms with E-state index in [4.69, 9.17) is 10.7 Å². The van der Waals surface area contributed by atoms with E-state index in [0.29, 0.717) is 16.1 Å². The van der Waals surface area contributed by atoms with Crippen LogP contribution in [0.4, 0.5) is 5.69 Å². The van der Waals surface area contributed by atoms with Gasteiger partial charge in [-0.3, -0.25) is 4.79 Å². The molecule has 0 atom stereocenters. The second-order valence-corrected chi connectivity index (χ2v) is 8.26. The van der Waals surface area contributed by atoms with Gasteiger partial charge in [-0.2, -0.15) is 0 Å². The second-order valence-electron chi connectivity index (χ2n) is 6.41. The summed E-state index contributed by atoms with van der Waals surface area (Å²) >= 11 is 4.90. The fourth-order valence-electron chi connectivity index (χ4n) is 3.72. The Hall–Kier alpha value is -1.72. The van der Waals surface area contributed by atoms with Gasteiger partial charge in [0.2, 0.25) is 5.78 Å². The summed E-state index contributed by atoms with van der Waals surface area (Å²) in [5, 5.41) is 1.02. The normalized spacial score (nSPS) is 13.8. The first-order valence-electron chi connectivity index (χ1n) is 8.63. The van der Waals surface area contributed by atoms with E-state index in [1.54, 1.807) is 0 Å². The highest BCUT2D eigenvalue weighted by molar-refractivity contribution is 9.10. The van der Waals surface area contributed by atoms with Crippen molar-refractivity contribution >= 4 is 49.0 Å². The van der Waals surface area contributed by atoms with Crippen LogP contribution in [-0.4, -0.2) is 10.8 Å². The molecule has 1 aliphatic carbocycles. The highest BCUT2D eigenvalue weighted by atomic mass is 79.9. The van der Waals surface area contributed by atoms with E-state index in [1.807, 2.05) is 24.3 Å². The Morgan fingerprint density at radius 2 is 1.96 bits per heavy atom. The number of carbonyl (C=O) groups excluding carboxylic acids is 1. The molecular weight excluding hydrogens is 396 g/mol. The molecule has 0 bridgehead atoms. The number of nitrogens with two attached hydrogens (primary N) is 1. The minimum Gasteiger partial charge on any atom is -0.397 e. The highest BCUT2D eigenvalue weighted by Gasteiger charge is 2.25. The number of halogens is 1. The van der Waals surface area contributed by atoms with Crippen molar-refractivity contribution < 1.29 is 4.79 Å². The molecular formula is C20H19BrN2OS. The molecule has 3 nitrogen and oxygen atoms in total. The van der Waals surface area contributed by atoms with Gasteiger partial charge in [0.25, 0.3) is 0 Å². The Bertz CT molecular complexity index is 993. The lowest BCUT2D eigenvalue weighted by Crippen LogP contribution is -2.09. The van der Waals surface area contributed by atoms with E-state index in [9.17, 15) is 4.79 Å². The monoisotopic (exact) mass is 414 g/mol. The van der Waals surface area contributed by atoms with Gasteiger partial charge in [-0.15, -0.1) is 11.3 Å². The van der Waals surface area contributed by atoms with Gasteiger partial charge in [-0.25, -0.2) is 4.98 Å². The molecule has 0 unspecified atom stereocenters. The third kappa shape index (κ3) is 2.70. The Morgan fingerprint density at radius 1 is 1.24 bits per heavy atom. The molecule has 0 radical (unpaired) electrons. The molecule has 0 saturated carbocycles. The zero-order valence-electron chi connectivity index (χ0n) is 14.1. The lowest BCUT2D eigenvalue weighted by atomic mass is 9.88. The van der Waals surface area contributed by atoms with Crippen LogP contribution in [0.1, 0.15) is 51.8 Å². The third-order valence-electron chi connectivity index (χ3n) is 4.94. The molecule has 5 heteroatoms. The number of anilines is 1. The van der Waals surface area contributed by atoms with Crippen molar-refractivity contribution in [1.82, 2.24) is 4.98 Å². The first-order chi connectivity index (χ1) is 12.1. The third-order valence-corrected chi connectivity index (χ3v) is 6.73. The molecule has 25 heavy (non-hydrogen) atoms. The standard InChI is InChI=1S/C20H19BrN2OS/c1-2-15-11-7-3-4-8-12(11)16-17(22)19(25-20(16)23-15)18(24)13-9-5-6-10-14(13)21/h5-6,9-10H,2-4,7-8,22H2,1H3. The van der Waals surface area contributed by atoms with Crippen LogP contribution in [-0.2, 0) is 19.3 Å². The number of hydrogen-bond acceptors (Lipinski definition) is 4. The number of aryl methyl sites for hydroxylation is 2. The van der Waals surface area contributed by atoms with Gasteiger partial charge >= 0.3 is 0 Å². The molecule has 3 aromatic rings. The van der Waals surface area contributed by atoms with E-state index in [-0.39, 0.29) is 5.78 Å². The van der Waals surface area contributed by atoms with Crippen LogP contribution in [0.2, 0.25) is 0 Å². The maximum atomic E-state index is 13.1. The molecule has 2 heterocycles. The van der Waals surface area contributed by atoms with Crippen LogP contribution in [0.15, 0.2) is 28.7 Å². The SMILES string of the molecule is CCc1nc2sc(C(=O)c3ccccc3Br)c(N)c2c2c1CCCC2. The summed E-state index contributed by atoms with van der Waals surface area (Å²) in [7, 11) is 0. The summed E-state index contributed by atoms with van der Waals surface area (Å²) in [5.41, 5.74) is 11.6. The molecule has 0 amide bonds. The number of hydrogen-bond donors (Lipinski definition) is 1. The summed E-state index contributed by atoms with van der Waals surface area (Å²) in [6, 6.07) is 7.49. The summed E-state index contributed by atoms with van der Waals surface area (Å²) in [4.78, 5) is 19.4. The summed E-state index contributed by atoms with van der Waals surface area (Å²) in [5.74, 6) is -0.0319. The van der Waals surface area contributed by atoms with Gasteiger partial charge in [0.1, 0.15) is 9.71 Å². The van der Waals surface area contributed by atoms with Gasteiger partial charge in [0, 0.05) is 21.1 Å². The first-order valence-corrected chi connectivity index (χ1v) is 10.2. The predicted octanol–water partition coefficient (Wildman–Crippen LogP) is 5.31. The summed E-state index contributed by atoms with van der Waals surface area (Å²) < 4.78 is 0.793. The van der Waals surface area contributed by atoms with Crippen molar-refractivity contribution in [3.8, 4) is 0 Å². The lowest BCUT2D eigenvalue weighted by molar-refractivity contribution is 0.104. The maximum Gasteiger partial charge on any atom is 0.206 e.